The number of ether oxygens (including phenoxy) is 1. The molecule has 0 unspecified atom stereocenters. The maximum atomic E-state index is 13.8. The summed E-state index contributed by atoms with van der Waals surface area (Å²) in [6.45, 7) is 2.81. The quantitative estimate of drug-likeness (QED) is 0.172. The van der Waals surface area contributed by atoms with E-state index in [0.717, 1.165) is 12.1 Å². The molecule has 15 heteroatoms. The molecule has 0 aromatic heterocycles. The third kappa shape index (κ3) is 8.65. The van der Waals surface area contributed by atoms with E-state index in [1.54, 1.807) is 13.8 Å². The van der Waals surface area contributed by atoms with Gasteiger partial charge in [0.05, 0.1) is 24.1 Å². The molecule has 0 radical (unpaired) electrons. The molecule has 9 nitrogen and oxygen atoms in total. The summed E-state index contributed by atoms with van der Waals surface area (Å²) >= 11 is 0. The Morgan fingerprint density at radius 1 is 1.24 bits per heavy atom. The highest BCUT2D eigenvalue weighted by molar-refractivity contribution is 6.43. The van der Waals surface area contributed by atoms with Crippen LogP contribution >= 0.6 is 0 Å². The Kier molecular flexibility index (Phi) is 10.6. The number of alkyl halides is 5. The average molecular weight is 600 g/mol. The Morgan fingerprint density at radius 3 is 2.52 bits per heavy atom. The first-order valence-electron chi connectivity index (χ1n) is 13.6. The second-order valence-corrected chi connectivity index (χ2v) is 11.1. The van der Waals surface area contributed by atoms with Gasteiger partial charge in [0.25, 0.3) is 11.8 Å². The number of likely N-dealkylation sites (tertiary alicyclic amines) is 2. The summed E-state index contributed by atoms with van der Waals surface area (Å²) in [4.78, 5) is 28.7. The van der Waals surface area contributed by atoms with E-state index in [2.05, 4.69) is 5.32 Å². The smallest absolute Gasteiger partial charge is 0.447 e. The van der Waals surface area contributed by atoms with Crippen molar-refractivity contribution < 1.29 is 46.3 Å². The van der Waals surface area contributed by atoms with Crippen LogP contribution in [0.4, 0.5) is 26.7 Å². The van der Waals surface area contributed by atoms with E-state index in [1.807, 2.05) is 6.07 Å². The van der Waals surface area contributed by atoms with Crippen molar-refractivity contribution in [2.24, 2.45) is 0 Å². The van der Waals surface area contributed by atoms with Crippen molar-refractivity contribution in [3.05, 3.63) is 47.0 Å². The summed E-state index contributed by atoms with van der Waals surface area (Å²) in [6.07, 6.45) is -3.61. The summed E-state index contributed by atoms with van der Waals surface area (Å²) in [5.74, 6) is -5.03. The predicted molar refractivity (Wildman–Crippen MR) is 142 cm³/mol. The van der Waals surface area contributed by atoms with Crippen LogP contribution in [-0.4, -0.2) is 88.7 Å². The summed E-state index contributed by atoms with van der Waals surface area (Å²) in [5.41, 5.74) is -2.49. The number of rotatable bonds is 9. The fourth-order valence-corrected chi connectivity index (χ4v) is 5.22. The van der Waals surface area contributed by atoms with Gasteiger partial charge in [-0.15, -0.1) is 0 Å². The van der Waals surface area contributed by atoms with Crippen molar-refractivity contribution >= 4 is 19.1 Å². The topological polar surface area (TPSA) is 126 Å². The zero-order valence-corrected chi connectivity index (χ0v) is 23.3. The summed E-state index contributed by atoms with van der Waals surface area (Å²) in [5, 5.41) is 31.3. The van der Waals surface area contributed by atoms with Crippen LogP contribution in [0.3, 0.4) is 0 Å². The molecule has 1 aromatic rings. The Bertz CT molecular complexity index is 1200. The van der Waals surface area contributed by atoms with E-state index in [-0.39, 0.29) is 37.3 Å². The van der Waals surface area contributed by atoms with E-state index in [4.69, 9.17) is 4.74 Å². The molecule has 2 heterocycles. The van der Waals surface area contributed by atoms with Gasteiger partial charge in [-0.25, -0.2) is 13.6 Å². The van der Waals surface area contributed by atoms with Crippen LogP contribution in [0.15, 0.2) is 35.9 Å². The first-order valence-corrected chi connectivity index (χ1v) is 13.6. The summed E-state index contributed by atoms with van der Waals surface area (Å²) in [7, 11) is -2.20. The van der Waals surface area contributed by atoms with E-state index < -0.39 is 67.3 Å². The van der Waals surface area contributed by atoms with Gasteiger partial charge in [0.15, 0.2) is 0 Å². The third-order valence-electron chi connectivity index (χ3n) is 7.55. The van der Waals surface area contributed by atoms with Gasteiger partial charge in [0.1, 0.15) is 18.2 Å². The molecule has 3 rings (SSSR count). The first-order chi connectivity index (χ1) is 19.5. The number of piperidine rings is 1. The minimum Gasteiger partial charge on any atom is -0.447 e. The number of alkyl carbamates (subject to hydrolysis) is 1. The van der Waals surface area contributed by atoms with Crippen molar-refractivity contribution in [3.8, 4) is 6.07 Å². The van der Waals surface area contributed by atoms with Crippen LogP contribution in [0, 0.1) is 11.3 Å². The maximum absolute atomic E-state index is 13.8. The normalized spacial score (nSPS) is 20.5. The van der Waals surface area contributed by atoms with Crippen molar-refractivity contribution in [2.45, 2.75) is 75.6 Å². The monoisotopic (exact) mass is 600 g/mol. The number of nitriles is 1. The minimum atomic E-state index is -4.69. The molecule has 230 valence electrons. The van der Waals surface area contributed by atoms with Gasteiger partial charge in [-0.1, -0.05) is 18.2 Å². The molecule has 2 atom stereocenters. The van der Waals surface area contributed by atoms with Crippen LogP contribution in [0.1, 0.15) is 50.7 Å². The highest BCUT2D eigenvalue weighted by atomic mass is 19.4. The number of carbonyl (C=O) groups excluding carboxylic acids is 2. The van der Waals surface area contributed by atoms with E-state index in [9.17, 15) is 46.9 Å². The molecule has 42 heavy (non-hydrogen) atoms. The van der Waals surface area contributed by atoms with E-state index >= 15 is 0 Å². The molecule has 0 spiro atoms. The second kappa shape index (κ2) is 13.4. The van der Waals surface area contributed by atoms with Crippen LogP contribution in [-0.2, 0) is 22.1 Å². The van der Waals surface area contributed by atoms with E-state index in [0.29, 0.717) is 19.3 Å². The zero-order valence-electron chi connectivity index (χ0n) is 23.3. The number of carbonyl (C=O) groups is 2. The van der Waals surface area contributed by atoms with E-state index in [1.165, 1.54) is 28.0 Å². The van der Waals surface area contributed by atoms with Crippen molar-refractivity contribution in [3.63, 3.8) is 0 Å². The number of benzene rings is 1. The highest BCUT2D eigenvalue weighted by Crippen LogP contribution is 2.34. The third-order valence-corrected chi connectivity index (χ3v) is 7.55. The number of nitrogens with one attached hydrogen (secondary N) is 1. The van der Waals surface area contributed by atoms with Crippen molar-refractivity contribution in [2.75, 3.05) is 26.2 Å². The summed E-state index contributed by atoms with van der Waals surface area (Å²) < 4.78 is 72.8. The molecule has 2 fully saturated rings. The number of hydrogen-bond donors (Lipinski definition) is 3. The Labute approximate surface area is 241 Å². The second-order valence-electron chi connectivity index (χ2n) is 11.1. The predicted octanol–water partition coefficient (Wildman–Crippen LogP) is 3.31. The van der Waals surface area contributed by atoms with Gasteiger partial charge in [0.2, 0.25) is 0 Å². The fourth-order valence-electron chi connectivity index (χ4n) is 5.22. The molecule has 1 aromatic carbocycles. The van der Waals surface area contributed by atoms with Crippen LogP contribution in [0.5, 0.6) is 0 Å². The van der Waals surface area contributed by atoms with Crippen LogP contribution in [0.25, 0.3) is 0 Å². The molecular formula is C27H34BF5N4O5. The Hall–Kier alpha value is -3.22. The molecule has 0 bridgehead atoms. The maximum Gasteiger partial charge on any atom is 0.475 e. The highest BCUT2D eigenvalue weighted by Gasteiger charge is 2.43. The van der Waals surface area contributed by atoms with Crippen molar-refractivity contribution in [1.29, 1.82) is 5.26 Å². The fraction of sp³-hybridized carbons (Fsp3) is 0.593. The van der Waals surface area contributed by atoms with Gasteiger partial charge in [-0.05, 0) is 57.2 Å². The number of amides is 2. The van der Waals surface area contributed by atoms with Crippen LogP contribution in [0.2, 0.25) is 0 Å². The molecule has 2 amide bonds. The zero-order chi connectivity index (χ0) is 31.3. The lowest BCUT2D eigenvalue weighted by molar-refractivity contribution is -0.138. The standard InChI is InChI=1S/C27H34BF5N4O5/c1-25(2,36-12-10-26(29,30)17-36)14-19(15-34)23(38)37-11-6-5-8-20(37)16-42-24(39)35-22(28(40)41)13-18-7-3-4-9-21(18)27(31,32)33/h3-4,7,9,14,20,22,40-41H,5-6,8,10-13,16-17H2,1-2H3,(H,35,39)/t20-,22+/m1/s1. The SMILES string of the molecule is CC(C)(C=C(C#N)C(=O)N1CCCC[C@@H]1COC(=O)N[C@@H](Cc1ccccc1C(F)(F)F)B(O)O)N1CCC(F)(F)C1. The Morgan fingerprint density at radius 2 is 1.93 bits per heavy atom. The minimum absolute atomic E-state index is 0.101. The van der Waals surface area contributed by atoms with Crippen molar-refractivity contribution in [1.82, 2.24) is 15.1 Å². The molecule has 3 N–H and O–H groups in total. The largest absolute Gasteiger partial charge is 0.475 e. The lowest BCUT2D eigenvalue weighted by Crippen LogP contribution is -2.50. The van der Waals surface area contributed by atoms with Gasteiger partial charge < -0.3 is 25.0 Å². The average Bonchev–Trinajstić information content (AvgIpc) is 3.30. The molecule has 2 aliphatic heterocycles. The van der Waals surface area contributed by atoms with Gasteiger partial charge >= 0.3 is 19.4 Å². The Balaban J connectivity index is 1.66. The lowest BCUT2D eigenvalue weighted by Gasteiger charge is -2.36. The van der Waals surface area contributed by atoms with Gasteiger partial charge in [-0.2, -0.15) is 18.4 Å². The molecular weight excluding hydrogens is 566 g/mol. The lowest BCUT2D eigenvalue weighted by atomic mass is 9.75. The summed E-state index contributed by atoms with van der Waals surface area (Å²) in [6, 6.07) is 5.76. The molecule has 0 aliphatic carbocycles. The number of halogens is 5. The number of nitrogens with zero attached hydrogens (tertiary/aromatic N) is 3. The molecule has 2 aliphatic rings. The van der Waals surface area contributed by atoms with Crippen LogP contribution < -0.4 is 5.32 Å². The van der Waals surface area contributed by atoms with Gasteiger partial charge in [0, 0.05) is 25.0 Å². The molecule has 2 saturated heterocycles. The molecule has 0 saturated carbocycles. The first kappa shape index (κ1) is 33.3. The van der Waals surface area contributed by atoms with Gasteiger partial charge in [-0.3, -0.25) is 9.69 Å². The number of hydrogen-bond acceptors (Lipinski definition) is 7.